The fraction of sp³-hybridized carbons (Fsp3) is 0.632. The van der Waals surface area contributed by atoms with Gasteiger partial charge < -0.3 is 15.5 Å². The van der Waals surface area contributed by atoms with Crippen LogP contribution in [0.25, 0.3) is 0 Å². The van der Waals surface area contributed by atoms with Gasteiger partial charge in [-0.15, -0.1) is 24.8 Å². The second-order valence-electron chi connectivity index (χ2n) is 6.99. The summed E-state index contributed by atoms with van der Waals surface area (Å²) >= 11 is 0. The molecule has 8 heteroatoms. The molecular weight excluding hydrogens is 390 g/mol. The van der Waals surface area contributed by atoms with E-state index in [-0.39, 0.29) is 42.6 Å². The summed E-state index contributed by atoms with van der Waals surface area (Å²) in [7, 11) is 0. The first-order valence-electron chi connectivity index (χ1n) is 9.41. The molecule has 1 aromatic carbocycles. The third kappa shape index (κ3) is 7.54. The Morgan fingerprint density at radius 1 is 1.15 bits per heavy atom. The number of benzene rings is 1. The second-order valence-corrected chi connectivity index (χ2v) is 6.99. The topological polar surface area (TPSA) is 47.6 Å². The van der Waals surface area contributed by atoms with Gasteiger partial charge in [0.2, 0.25) is 5.91 Å². The number of nitrogens with zero attached hydrogens (tertiary/aromatic N) is 2. The van der Waals surface area contributed by atoms with Crippen molar-refractivity contribution in [1.29, 1.82) is 0 Å². The summed E-state index contributed by atoms with van der Waals surface area (Å²) in [6, 6.07) is 6.52. The molecule has 2 heterocycles. The van der Waals surface area contributed by atoms with E-state index >= 15 is 0 Å². The number of amides is 1. The van der Waals surface area contributed by atoms with E-state index in [0.717, 1.165) is 70.6 Å². The summed E-state index contributed by atoms with van der Waals surface area (Å²) in [6.07, 6.45) is 2.95. The number of carbonyl (C=O) groups excluding carboxylic acids is 1. The van der Waals surface area contributed by atoms with Crippen molar-refractivity contribution in [3.05, 3.63) is 35.6 Å². The van der Waals surface area contributed by atoms with Crippen LogP contribution in [0.5, 0.6) is 0 Å². The van der Waals surface area contributed by atoms with E-state index in [1.165, 1.54) is 12.1 Å². The van der Waals surface area contributed by atoms with Crippen molar-refractivity contribution in [2.45, 2.75) is 31.8 Å². The number of hydrogen-bond acceptors (Lipinski definition) is 4. The molecule has 2 aliphatic rings. The molecular formula is C19H31Cl2FN4O. The molecule has 2 fully saturated rings. The molecule has 0 bridgehead atoms. The molecule has 1 amide bonds. The molecule has 0 saturated carbocycles. The molecule has 2 aliphatic heterocycles. The van der Waals surface area contributed by atoms with Crippen LogP contribution in [0.3, 0.4) is 0 Å². The van der Waals surface area contributed by atoms with Crippen LogP contribution in [0.2, 0.25) is 0 Å². The zero-order chi connectivity index (χ0) is 17.5. The SMILES string of the molecule is Cl.Cl.O=C(NCCCN1CCNCC1)C1CCCN1Cc1ccc(F)cc1. The van der Waals surface area contributed by atoms with Crippen molar-refractivity contribution in [2.75, 3.05) is 45.8 Å². The van der Waals surface area contributed by atoms with Crippen molar-refractivity contribution >= 4 is 30.7 Å². The van der Waals surface area contributed by atoms with Crippen LogP contribution >= 0.6 is 24.8 Å². The first-order valence-corrected chi connectivity index (χ1v) is 9.41. The molecule has 27 heavy (non-hydrogen) atoms. The highest BCUT2D eigenvalue weighted by Gasteiger charge is 2.30. The number of carbonyl (C=O) groups is 1. The number of hydrogen-bond donors (Lipinski definition) is 2. The Morgan fingerprint density at radius 2 is 1.85 bits per heavy atom. The van der Waals surface area contributed by atoms with Gasteiger partial charge in [-0.25, -0.2) is 4.39 Å². The highest BCUT2D eigenvalue weighted by molar-refractivity contribution is 5.85. The highest BCUT2D eigenvalue weighted by atomic mass is 35.5. The van der Waals surface area contributed by atoms with Crippen molar-refractivity contribution < 1.29 is 9.18 Å². The number of piperazine rings is 1. The standard InChI is InChI=1S/C19H29FN4O.2ClH/c20-17-6-4-16(5-7-17)15-24-12-1-3-18(24)19(25)22-8-2-11-23-13-9-21-10-14-23;;/h4-7,18,21H,1-3,8-15H2,(H,22,25);2*1H. The molecule has 0 aromatic heterocycles. The second kappa shape index (κ2) is 12.5. The van der Waals surface area contributed by atoms with Crippen LogP contribution in [0.15, 0.2) is 24.3 Å². The van der Waals surface area contributed by atoms with Gasteiger partial charge in [-0.1, -0.05) is 12.1 Å². The van der Waals surface area contributed by atoms with E-state index in [4.69, 9.17) is 0 Å². The van der Waals surface area contributed by atoms with Crippen LogP contribution in [0.1, 0.15) is 24.8 Å². The number of likely N-dealkylation sites (tertiary alicyclic amines) is 1. The summed E-state index contributed by atoms with van der Waals surface area (Å²) in [5, 5.41) is 6.46. The third-order valence-corrected chi connectivity index (χ3v) is 5.13. The Hall–Kier alpha value is -0.920. The summed E-state index contributed by atoms with van der Waals surface area (Å²) in [5.41, 5.74) is 1.06. The molecule has 0 radical (unpaired) electrons. The number of halogens is 3. The van der Waals surface area contributed by atoms with Gasteiger partial charge in [0.05, 0.1) is 6.04 Å². The predicted molar refractivity (Wildman–Crippen MR) is 111 cm³/mol. The first-order chi connectivity index (χ1) is 12.2. The van der Waals surface area contributed by atoms with Crippen LogP contribution in [0, 0.1) is 5.82 Å². The van der Waals surface area contributed by atoms with Gasteiger partial charge in [0.15, 0.2) is 0 Å². The Bertz CT molecular complexity index is 555. The molecule has 0 aliphatic carbocycles. The van der Waals surface area contributed by atoms with Gasteiger partial charge in [0.1, 0.15) is 5.82 Å². The maximum atomic E-state index is 13.0. The molecule has 154 valence electrons. The fourth-order valence-corrected chi connectivity index (χ4v) is 3.70. The van der Waals surface area contributed by atoms with E-state index < -0.39 is 0 Å². The lowest BCUT2D eigenvalue weighted by molar-refractivity contribution is -0.125. The van der Waals surface area contributed by atoms with Crippen molar-refractivity contribution in [3.63, 3.8) is 0 Å². The first kappa shape index (κ1) is 24.1. The molecule has 2 N–H and O–H groups in total. The lowest BCUT2D eigenvalue weighted by Gasteiger charge is -2.27. The van der Waals surface area contributed by atoms with Crippen molar-refractivity contribution in [3.8, 4) is 0 Å². The van der Waals surface area contributed by atoms with Crippen LogP contribution in [-0.4, -0.2) is 67.6 Å². The van der Waals surface area contributed by atoms with Crippen LogP contribution in [-0.2, 0) is 11.3 Å². The van der Waals surface area contributed by atoms with Gasteiger partial charge in [0, 0.05) is 39.3 Å². The van der Waals surface area contributed by atoms with Crippen molar-refractivity contribution in [2.24, 2.45) is 0 Å². The number of rotatable bonds is 7. The number of nitrogens with one attached hydrogen (secondary N) is 2. The average Bonchev–Trinajstić information content (AvgIpc) is 3.10. The van der Waals surface area contributed by atoms with E-state index in [0.29, 0.717) is 6.54 Å². The molecule has 2 saturated heterocycles. The fourth-order valence-electron chi connectivity index (χ4n) is 3.70. The smallest absolute Gasteiger partial charge is 0.237 e. The van der Waals surface area contributed by atoms with E-state index in [1.807, 2.05) is 0 Å². The average molecular weight is 421 g/mol. The Balaban J connectivity index is 0.00000182. The van der Waals surface area contributed by atoms with E-state index in [1.54, 1.807) is 12.1 Å². The molecule has 5 nitrogen and oxygen atoms in total. The molecule has 3 rings (SSSR count). The summed E-state index contributed by atoms with van der Waals surface area (Å²) < 4.78 is 13.0. The maximum Gasteiger partial charge on any atom is 0.237 e. The lowest BCUT2D eigenvalue weighted by Crippen LogP contribution is -2.45. The van der Waals surface area contributed by atoms with Gasteiger partial charge in [-0.3, -0.25) is 9.69 Å². The largest absolute Gasteiger partial charge is 0.355 e. The van der Waals surface area contributed by atoms with Gasteiger partial charge in [0.25, 0.3) is 0 Å². The Morgan fingerprint density at radius 3 is 2.56 bits per heavy atom. The summed E-state index contributed by atoms with van der Waals surface area (Å²) in [6.45, 7) is 7.74. The molecule has 1 aromatic rings. The minimum absolute atomic E-state index is 0. The van der Waals surface area contributed by atoms with Crippen LogP contribution < -0.4 is 10.6 Å². The predicted octanol–water partition coefficient (Wildman–Crippen LogP) is 2.05. The Kier molecular flexibility index (Phi) is 11.2. The lowest BCUT2D eigenvalue weighted by atomic mass is 10.1. The summed E-state index contributed by atoms with van der Waals surface area (Å²) in [4.78, 5) is 17.2. The zero-order valence-electron chi connectivity index (χ0n) is 15.7. The van der Waals surface area contributed by atoms with Crippen LogP contribution in [0.4, 0.5) is 4.39 Å². The van der Waals surface area contributed by atoms with Crippen molar-refractivity contribution in [1.82, 2.24) is 20.4 Å². The minimum Gasteiger partial charge on any atom is -0.355 e. The highest BCUT2D eigenvalue weighted by Crippen LogP contribution is 2.20. The normalized spacial score (nSPS) is 20.6. The molecule has 0 spiro atoms. The molecule has 1 unspecified atom stereocenters. The van der Waals surface area contributed by atoms with Gasteiger partial charge in [-0.05, 0) is 50.0 Å². The van der Waals surface area contributed by atoms with E-state index in [2.05, 4.69) is 20.4 Å². The monoisotopic (exact) mass is 420 g/mol. The summed E-state index contributed by atoms with van der Waals surface area (Å²) in [5.74, 6) is -0.0797. The third-order valence-electron chi connectivity index (χ3n) is 5.13. The maximum absolute atomic E-state index is 13.0. The quantitative estimate of drug-likeness (QED) is 0.662. The zero-order valence-corrected chi connectivity index (χ0v) is 17.3. The van der Waals surface area contributed by atoms with Gasteiger partial charge in [-0.2, -0.15) is 0 Å². The molecule has 1 atom stereocenters. The minimum atomic E-state index is -0.219. The Labute approximate surface area is 173 Å². The van der Waals surface area contributed by atoms with Gasteiger partial charge >= 0.3 is 0 Å². The van der Waals surface area contributed by atoms with E-state index in [9.17, 15) is 9.18 Å².